The first-order chi connectivity index (χ1) is 4.68. The lowest BCUT2D eigenvalue weighted by Gasteiger charge is -1.93. The van der Waals surface area contributed by atoms with Crippen LogP contribution in [0.15, 0.2) is 0 Å². The van der Waals surface area contributed by atoms with Crippen molar-refractivity contribution in [1.82, 2.24) is 0 Å². The number of hydrogen-bond donors (Lipinski definition) is 1. The zero-order valence-electron chi connectivity index (χ0n) is 4.70. The lowest BCUT2D eigenvalue weighted by molar-refractivity contribution is -0.192. The second-order valence-corrected chi connectivity index (χ2v) is 1.05. The molecule has 0 aliphatic heterocycles. The Balaban J connectivity index is 0. The van der Waals surface area contributed by atoms with E-state index >= 15 is 0 Å². The molecule has 66 valence electrons. The second-order valence-electron chi connectivity index (χ2n) is 1.05. The van der Waals surface area contributed by atoms with Crippen molar-refractivity contribution in [2.24, 2.45) is 0 Å². The summed E-state index contributed by atoms with van der Waals surface area (Å²) >= 11 is 0. The van der Waals surface area contributed by atoms with Crippen LogP contribution in [-0.4, -0.2) is 24.8 Å². The summed E-state index contributed by atoms with van der Waals surface area (Å²) in [4.78, 5) is 8.90. The summed E-state index contributed by atoms with van der Waals surface area (Å²) in [6.45, 7) is 0. The van der Waals surface area contributed by atoms with Crippen molar-refractivity contribution in [2.45, 2.75) is 6.18 Å². The van der Waals surface area contributed by atoms with Gasteiger partial charge in [-0.3, -0.25) is 12.9 Å². The number of aliphatic carboxylic acids is 1. The van der Waals surface area contributed by atoms with Crippen LogP contribution in [0, 0.1) is 0 Å². The lowest BCUT2D eigenvalue weighted by atomic mass is 10.5. The van der Waals surface area contributed by atoms with Gasteiger partial charge in [-0.2, -0.15) is 13.2 Å². The van der Waals surface area contributed by atoms with E-state index in [2.05, 4.69) is 0 Å². The molecule has 0 radical (unpaired) electrons. The first kappa shape index (κ1) is 12.8. The van der Waals surface area contributed by atoms with Crippen LogP contribution in [0.25, 0.3) is 0 Å². The SMILES string of the molecule is FB(F)F.O=C(O)C(F)(F)F. The Bertz CT molecular complexity index is 117. The van der Waals surface area contributed by atoms with E-state index in [0.717, 1.165) is 0 Å². The molecule has 0 fully saturated rings. The fourth-order valence-electron chi connectivity index (χ4n) is 0. The normalized spacial score (nSPS) is 9.64. The van der Waals surface area contributed by atoms with Crippen LogP contribution in [0.1, 0.15) is 0 Å². The van der Waals surface area contributed by atoms with Crippen molar-refractivity contribution in [3.8, 4) is 0 Å². The Morgan fingerprint density at radius 2 is 1.27 bits per heavy atom. The third kappa shape index (κ3) is 17.6. The lowest BCUT2D eigenvalue weighted by Crippen LogP contribution is -2.21. The molecule has 0 rings (SSSR count). The number of halogens is 6. The zero-order valence-corrected chi connectivity index (χ0v) is 4.70. The fraction of sp³-hybridized carbons (Fsp3) is 0.500. The molecule has 0 saturated heterocycles. The molecule has 0 aliphatic rings. The highest BCUT2D eigenvalue weighted by Crippen LogP contribution is 2.13. The zero-order chi connectivity index (χ0) is 9.65. The molecule has 0 aliphatic carbocycles. The molecule has 0 aromatic carbocycles. The third-order valence-electron chi connectivity index (χ3n) is 0.243. The standard InChI is InChI=1S/C2HF3O2.BF3/c3-2(4,5)1(6)7;2-1(3)4/h(H,6,7);. The number of carboxylic acid groups (broad SMARTS) is 1. The molecule has 0 amide bonds. The molecule has 0 saturated carbocycles. The third-order valence-corrected chi connectivity index (χ3v) is 0.243. The maximum atomic E-state index is 10.6. The molecule has 1 N–H and O–H groups in total. The van der Waals surface area contributed by atoms with E-state index in [4.69, 9.17) is 9.90 Å². The largest absolute Gasteiger partial charge is 0.762 e. The molecule has 11 heavy (non-hydrogen) atoms. The summed E-state index contributed by atoms with van der Waals surface area (Å²) in [5.41, 5.74) is 0. The molecule has 0 atom stereocenters. The Morgan fingerprint density at radius 3 is 1.27 bits per heavy atom. The quantitative estimate of drug-likeness (QED) is 0.455. The smallest absolute Gasteiger partial charge is 0.475 e. The average molecular weight is 182 g/mol. The van der Waals surface area contributed by atoms with E-state index < -0.39 is 19.7 Å². The molecule has 2 nitrogen and oxygen atoms in total. The van der Waals surface area contributed by atoms with Crippen molar-refractivity contribution in [3.63, 3.8) is 0 Å². The first-order valence-electron chi connectivity index (χ1n) is 1.90. The molecule has 0 unspecified atom stereocenters. The van der Waals surface area contributed by atoms with Gasteiger partial charge in [0.2, 0.25) is 0 Å². The van der Waals surface area contributed by atoms with E-state index in [1.807, 2.05) is 0 Å². The molecule has 0 aromatic heterocycles. The molecule has 0 spiro atoms. The Hall–Kier alpha value is -0.885. The maximum Gasteiger partial charge on any atom is 0.762 e. The Labute approximate surface area is 57.0 Å². The van der Waals surface area contributed by atoms with E-state index in [0.29, 0.717) is 0 Å². The van der Waals surface area contributed by atoms with Gasteiger partial charge in [0.05, 0.1) is 0 Å². The average Bonchev–Trinajstić information content (AvgIpc) is 1.59. The molecular weight excluding hydrogens is 181 g/mol. The van der Waals surface area contributed by atoms with Crippen LogP contribution in [-0.2, 0) is 4.79 Å². The van der Waals surface area contributed by atoms with Gasteiger partial charge in [-0.25, -0.2) is 4.79 Å². The van der Waals surface area contributed by atoms with Crippen LogP contribution in [0.5, 0.6) is 0 Å². The van der Waals surface area contributed by atoms with Crippen molar-refractivity contribution in [1.29, 1.82) is 0 Å². The van der Waals surface area contributed by atoms with E-state index in [9.17, 15) is 26.1 Å². The van der Waals surface area contributed by atoms with Crippen LogP contribution in [0.3, 0.4) is 0 Å². The number of hydrogen-bond acceptors (Lipinski definition) is 1. The van der Waals surface area contributed by atoms with Gasteiger partial charge in [-0.05, 0) is 0 Å². The number of carboxylic acids is 1. The van der Waals surface area contributed by atoms with Crippen molar-refractivity contribution in [3.05, 3.63) is 0 Å². The fourth-order valence-corrected chi connectivity index (χ4v) is 0. The van der Waals surface area contributed by atoms with Crippen LogP contribution >= 0.6 is 0 Å². The summed E-state index contributed by atoms with van der Waals surface area (Å²) in [5.74, 6) is -2.76. The van der Waals surface area contributed by atoms with Gasteiger partial charge in [0, 0.05) is 0 Å². The minimum Gasteiger partial charge on any atom is -0.475 e. The molecule has 0 bridgehead atoms. The second kappa shape index (κ2) is 4.86. The minimum atomic E-state index is -5.08. The Kier molecular flexibility index (Phi) is 5.64. The molecule has 0 heterocycles. The highest BCUT2D eigenvalue weighted by molar-refractivity contribution is 6.33. The van der Waals surface area contributed by atoms with Crippen LogP contribution in [0.2, 0.25) is 0 Å². The van der Waals surface area contributed by atoms with E-state index in [1.165, 1.54) is 0 Å². The van der Waals surface area contributed by atoms with E-state index in [-0.39, 0.29) is 0 Å². The minimum absolute atomic E-state index is 2.76. The van der Waals surface area contributed by atoms with Crippen LogP contribution in [0.4, 0.5) is 26.1 Å². The monoisotopic (exact) mass is 182 g/mol. The number of alkyl halides is 3. The number of carbonyl (C=O) groups is 1. The predicted octanol–water partition coefficient (Wildman–Crippen LogP) is 1.51. The molecular formula is C2HBF6O2. The summed E-state index contributed by atoms with van der Waals surface area (Å²) in [6.07, 6.45) is -5.08. The van der Waals surface area contributed by atoms with E-state index in [1.54, 1.807) is 0 Å². The van der Waals surface area contributed by atoms with Crippen molar-refractivity contribution >= 4 is 13.5 Å². The van der Waals surface area contributed by atoms with Crippen LogP contribution < -0.4 is 0 Å². The highest BCUT2D eigenvalue weighted by atomic mass is 19.4. The van der Waals surface area contributed by atoms with Gasteiger partial charge in [0.25, 0.3) is 0 Å². The van der Waals surface area contributed by atoms with Gasteiger partial charge in [0.15, 0.2) is 0 Å². The molecule has 9 heteroatoms. The van der Waals surface area contributed by atoms with Gasteiger partial charge >= 0.3 is 19.7 Å². The number of rotatable bonds is 0. The van der Waals surface area contributed by atoms with Crippen molar-refractivity contribution < 1.29 is 36.0 Å². The topological polar surface area (TPSA) is 37.3 Å². The van der Waals surface area contributed by atoms with Crippen molar-refractivity contribution in [2.75, 3.05) is 0 Å². The summed E-state index contributed by atoms with van der Waals surface area (Å²) in [7, 11) is -3.67. The van der Waals surface area contributed by atoms with Gasteiger partial charge in [-0.15, -0.1) is 0 Å². The predicted molar refractivity (Wildman–Crippen MR) is 22.8 cm³/mol. The maximum absolute atomic E-state index is 10.6. The summed E-state index contributed by atoms with van der Waals surface area (Å²) in [6, 6.07) is 0. The van der Waals surface area contributed by atoms with Gasteiger partial charge < -0.3 is 5.11 Å². The first-order valence-corrected chi connectivity index (χ1v) is 1.90. The summed E-state index contributed by atoms with van der Waals surface area (Å²) < 4.78 is 60.7. The highest BCUT2D eigenvalue weighted by Gasteiger charge is 2.38. The van der Waals surface area contributed by atoms with Gasteiger partial charge in [0.1, 0.15) is 0 Å². The summed E-state index contributed by atoms with van der Waals surface area (Å²) in [5, 5.41) is 7.12. The Morgan fingerprint density at radius 1 is 1.18 bits per heavy atom. The van der Waals surface area contributed by atoms with Gasteiger partial charge in [-0.1, -0.05) is 0 Å². The molecule has 0 aromatic rings.